The maximum absolute atomic E-state index is 12.9. The fourth-order valence-corrected chi connectivity index (χ4v) is 3.92. The molecule has 0 bridgehead atoms. The molecule has 1 saturated heterocycles. The van der Waals surface area contributed by atoms with E-state index < -0.39 is 48.6 Å². The van der Waals surface area contributed by atoms with Crippen molar-refractivity contribution in [3.63, 3.8) is 0 Å². The van der Waals surface area contributed by atoms with Crippen molar-refractivity contribution >= 4 is 17.9 Å². The number of benzene rings is 3. The lowest BCUT2D eigenvalue weighted by Crippen LogP contribution is -2.62. The Morgan fingerprint density at radius 2 is 1.11 bits per heavy atom. The number of carbonyl (C=O) groups is 3. The first kappa shape index (κ1) is 26.0. The van der Waals surface area contributed by atoms with Gasteiger partial charge < -0.3 is 28.8 Å². The van der Waals surface area contributed by atoms with Gasteiger partial charge in [-0.15, -0.1) is 0 Å². The van der Waals surface area contributed by atoms with Gasteiger partial charge in [0, 0.05) is 7.11 Å². The van der Waals surface area contributed by atoms with Crippen LogP contribution in [0.5, 0.6) is 0 Å². The van der Waals surface area contributed by atoms with Crippen LogP contribution in [0.15, 0.2) is 91.0 Å². The fourth-order valence-electron chi connectivity index (χ4n) is 3.92. The molecule has 5 atom stereocenters. The molecule has 4 rings (SSSR count). The van der Waals surface area contributed by atoms with Crippen LogP contribution in [0.4, 0.5) is 0 Å². The number of methoxy groups -OCH3 is 1. The average molecular weight is 507 g/mol. The predicted molar refractivity (Wildman–Crippen MR) is 130 cm³/mol. The van der Waals surface area contributed by atoms with Gasteiger partial charge in [-0.05, 0) is 36.4 Å². The lowest BCUT2D eigenvalue weighted by molar-refractivity contribution is -0.288. The molecule has 0 amide bonds. The third-order valence-corrected chi connectivity index (χ3v) is 5.77. The molecular weight excluding hydrogens is 480 g/mol. The molecule has 1 heterocycles. The number of aliphatic hydroxyl groups is 1. The van der Waals surface area contributed by atoms with E-state index in [1.165, 1.54) is 7.11 Å². The number of aliphatic hydroxyl groups excluding tert-OH is 1. The van der Waals surface area contributed by atoms with E-state index in [4.69, 9.17) is 23.7 Å². The molecule has 9 heteroatoms. The van der Waals surface area contributed by atoms with E-state index in [0.717, 1.165) is 0 Å². The van der Waals surface area contributed by atoms with Crippen LogP contribution in [-0.4, -0.2) is 67.4 Å². The van der Waals surface area contributed by atoms with Crippen LogP contribution in [0.1, 0.15) is 31.1 Å². The minimum absolute atomic E-state index is 0.232. The Labute approximate surface area is 213 Å². The summed E-state index contributed by atoms with van der Waals surface area (Å²) in [5, 5.41) is 10.8. The second-order valence-electron chi connectivity index (χ2n) is 8.20. The summed E-state index contributed by atoms with van der Waals surface area (Å²) in [5.41, 5.74) is 0.809. The van der Waals surface area contributed by atoms with E-state index in [-0.39, 0.29) is 17.7 Å². The van der Waals surface area contributed by atoms with Crippen molar-refractivity contribution in [1.82, 2.24) is 0 Å². The van der Waals surface area contributed by atoms with Crippen LogP contribution < -0.4 is 0 Å². The first-order valence-electron chi connectivity index (χ1n) is 11.6. The zero-order valence-electron chi connectivity index (χ0n) is 20.0. The highest BCUT2D eigenvalue weighted by Crippen LogP contribution is 2.29. The van der Waals surface area contributed by atoms with Gasteiger partial charge in [0.05, 0.1) is 16.7 Å². The molecule has 1 aliphatic rings. The molecule has 9 nitrogen and oxygen atoms in total. The molecule has 1 fully saturated rings. The van der Waals surface area contributed by atoms with Crippen molar-refractivity contribution in [3.05, 3.63) is 108 Å². The van der Waals surface area contributed by atoms with Crippen molar-refractivity contribution in [2.75, 3.05) is 13.7 Å². The van der Waals surface area contributed by atoms with Gasteiger partial charge in [0.1, 0.15) is 18.8 Å². The van der Waals surface area contributed by atoms with Crippen LogP contribution in [0.2, 0.25) is 0 Å². The SMILES string of the molecule is CO[C@@H]1[C@H](OC(=O)c2ccccc2)[C@@H](OC(=O)c2ccccc2)[C@@H](O)O[C@@H]1COC(=O)c1ccccc1. The third-order valence-electron chi connectivity index (χ3n) is 5.77. The number of ether oxygens (including phenoxy) is 5. The number of carbonyl (C=O) groups excluding carboxylic acids is 3. The second kappa shape index (κ2) is 12.3. The second-order valence-corrected chi connectivity index (χ2v) is 8.20. The van der Waals surface area contributed by atoms with Crippen LogP contribution in [0.25, 0.3) is 0 Å². The Kier molecular flexibility index (Phi) is 8.63. The molecule has 1 N–H and O–H groups in total. The Morgan fingerprint density at radius 3 is 1.57 bits per heavy atom. The summed E-state index contributed by atoms with van der Waals surface area (Å²) in [5.74, 6) is -2.08. The molecule has 3 aromatic rings. The summed E-state index contributed by atoms with van der Waals surface area (Å²) >= 11 is 0. The highest BCUT2D eigenvalue weighted by atomic mass is 16.7. The number of esters is 3. The van der Waals surface area contributed by atoms with Crippen LogP contribution in [-0.2, 0) is 23.7 Å². The van der Waals surface area contributed by atoms with E-state index in [0.29, 0.717) is 5.56 Å². The predicted octanol–water partition coefficient (Wildman–Crippen LogP) is 3.03. The van der Waals surface area contributed by atoms with Gasteiger partial charge in [0.15, 0.2) is 18.5 Å². The number of hydrogen-bond acceptors (Lipinski definition) is 9. The highest BCUT2D eigenvalue weighted by molar-refractivity contribution is 5.90. The van der Waals surface area contributed by atoms with E-state index in [9.17, 15) is 19.5 Å². The molecule has 0 aliphatic carbocycles. The fraction of sp³-hybridized carbons (Fsp3) is 0.250. The molecular formula is C28H26O9. The van der Waals surface area contributed by atoms with Crippen LogP contribution >= 0.6 is 0 Å². The minimum Gasteiger partial charge on any atom is -0.459 e. The zero-order valence-corrected chi connectivity index (χ0v) is 20.0. The quantitative estimate of drug-likeness (QED) is 0.363. The van der Waals surface area contributed by atoms with Gasteiger partial charge in [-0.3, -0.25) is 0 Å². The van der Waals surface area contributed by atoms with Gasteiger partial charge in [-0.1, -0.05) is 54.6 Å². The maximum atomic E-state index is 12.9. The molecule has 192 valence electrons. The maximum Gasteiger partial charge on any atom is 0.338 e. The normalized spacial score (nSPS) is 23.0. The van der Waals surface area contributed by atoms with E-state index in [1.54, 1.807) is 91.0 Å². The number of rotatable bonds is 8. The van der Waals surface area contributed by atoms with Crippen LogP contribution in [0, 0.1) is 0 Å². The monoisotopic (exact) mass is 506 g/mol. The van der Waals surface area contributed by atoms with Gasteiger partial charge in [-0.2, -0.15) is 0 Å². The summed E-state index contributed by atoms with van der Waals surface area (Å²) in [7, 11) is 1.34. The zero-order chi connectivity index (χ0) is 26.2. The lowest BCUT2D eigenvalue weighted by atomic mass is 9.98. The average Bonchev–Trinajstić information content (AvgIpc) is 2.94. The summed E-state index contributed by atoms with van der Waals surface area (Å²) in [4.78, 5) is 38.1. The summed E-state index contributed by atoms with van der Waals surface area (Å²) in [6.45, 7) is -0.317. The van der Waals surface area contributed by atoms with Crippen molar-refractivity contribution in [2.24, 2.45) is 0 Å². The molecule has 0 saturated carbocycles. The summed E-state index contributed by atoms with van der Waals surface area (Å²) in [6.07, 6.45) is -6.49. The molecule has 0 aromatic heterocycles. The summed E-state index contributed by atoms with van der Waals surface area (Å²) in [6, 6.07) is 24.7. The Morgan fingerprint density at radius 1 is 0.676 bits per heavy atom. The number of hydrogen-bond donors (Lipinski definition) is 1. The van der Waals surface area contributed by atoms with Crippen molar-refractivity contribution in [3.8, 4) is 0 Å². The molecule has 0 radical (unpaired) electrons. The molecule has 1 aliphatic heterocycles. The van der Waals surface area contributed by atoms with Gasteiger partial charge in [0.25, 0.3) is 0 Å². The topological polar surface area (TPSA) is 118 Å². The van der Waals surface area contributed by atoms with Crippen LogP contribution in [0.3, 0.4) is 0 Å². The highest BCUT2D eigenvalue weighted by Gasteiger charge is 2.51. The molecule has 0 unspecified atom stereocenters. The van der Waals surface area contributed by atoms with E-state index in [2.05, 4.69) is 0 Å². The third kappa shape index (κ3) is 6.39. The first-order valence-corrected chi connectivity index (χ1v) is 11.6. The molecule has 37 heavy (non-hydrogen) atoms. The Hall–Kier alpha value is -4.05. The first-order chi connectivity index (χ1) is 18.0. The molecule has 0 spiro atoms. The van der Waals surface area contributed by atoms with E-state index >= 15 is 0 Å². The van der Waals surface area contributed by atoms with E-state index in [1.807, 2.05) is 0 Å². The lowest BCUT2D eigenvalue weighted by Gasteiger charge is -2.42. The standard InChI is InChI=1S/C28H26O9/c1-33-22-21(17-34-25(29)18-11-5-2-6-12-18)35-28(32)24(37-27(31)20-15-9-4-10-16-20)23(22)36-26(30)19-13-7-3-8-14-19/h2-16,21-24,28,32H,17H2,1H3/t21-,22+,23+,24-,28+/m1/s1. The van der Waals surface area contributed by atoms with Gasteiger partial charge in [-0.25, -0.2) is 14.4 Å². The molecule has 3 aromatic carbocycles. The van der Waals surface area contributed by atoms with Gasteiger partial charge >= 0.3 is 17.9 Å². The minimum atomic E-state index is -1.70. The summed E-state index contributed by atoms with van der Waals surface area (Å²) < 4.78 is 27.8. The van der Waals surface area contributed by atoms with Crippen molar-refractivity contribution in [1.29, 1.82) is 0 Å². The smallest absolute Gasteiger partial charge is 0.338 e. The van der Waals surface area contributed by atoms with Crippen molar-refractivity contribution in [2.45, 2.75) is 30.7 Å². The Balaban J connectivity index is 1.55. The Bertz CT molecular complexity index is 1180. The largest absolute Gasteiger partial charge is 0.459 e. The van der Waals surface area contributed by atoms with Gasteiger partial charge in [0.2, 0.25) is 0 Å². The van der Waals surface area contributed by atoms with Crippen molar-refractivity contribution < 1.29 is 43.2 Å².